The summed E-state index contributed by atoms with van der Waals surface area (Å²) in [6.45, 7) is 4.62. The van der Waals surface area contributed by atoms with Gasteiger partial charge in [0.1, 0.15) is 6.42 Å². The monoisotopic (exact) mass is 267 g/mol. The van der Waals surface area contributed by atoms with Crippen molar-refractivity contribution >= 4 is 23.6 Å². The van der Waals surface area contributed by atoms with Crippen molar-refractivity contribution in [2.45, 2.75) is 37.0 Å². The fourth-order valence-corrected chi connectivity index (χ4v) is 2.20. The Balaban J connectivity index is 2.44. The Morgan fingerprint density at radius 2 is 1.89 bits per heavy atom. The molecular formula is C13H17NO3S. The van der Waals surface area contributed by atoms with Crippen molar-refractivity contribution in [1.82, 2.24) is 5.32 Å². The molecule has 2 N–H and O–H groups in total. The third kappa shape index (κ3) is 5.72. The molecule has 0 fully saturated rings. The van der Waals surface area contributed by atoms with Crippen molar-refractivity contribution in [3.05, 3.63) is 29.8 Å². The van der Waals surface area contributed by atoms with Gasteiger partial charge in [-0.1, -0.05) is 26.0 Å². The van der Waals surface area contributed by atoms with Crippen LogP contribution in [0.5, 0.6) is 0 Å². The van der Waals surface area contributed by atoms with Crippen LogP contribution < -0.4 is 5.32 Å². The summed E-state index contributed by atoms with van der Waals surface area (Å²) in [6.07, 6.45) is -0.485. The Kier molecular flexibility index (Phi) is 5.71. The summed E-state index contributed by atoms with van der Waals surface area (Å²) in [7, 11) is 0. The second kappa shape index (κ2) is 7.06. The van der Waals surface area contributed by atoms with E-state index in [1.165, 1.54) is 4.90 Å². The topological polar surface area (TPSA) is 66.4 Å². The Hall–Kier alpha value is -1.49. The van der Waals surface area contributed by atoms with Crippen LogP contribution in [0.25, 0.3) is 0 Å². The van der Waals surface area contributed by atoms with Gasteiger partial charge in [-0.3, -0.25) is 9.59 Å². The first-order valence-electron chi connectivity index (χ1n) is 5.71. The van der Waals surface area contributed by atoms with E-state index in [0.29, 0.717) is 11.8 Å². The summed E-state index contributed by atoms with van der Waals surface area (Å²) in [5, 5.41) is 11.5. The van der Waals surface area contributed by atoms with Gasteiger partial charge in [0.05, 0.1) is 0 Å². The number of carboxylic acid groups (broad SMARTS) is 1. The predicted octanol–water partition coefficient (Wildman–Crippen LogP) is 2.28. The van der Waals surface area contributed by atoms with E-state index in [2.05, 4.69) is 19.2 Å². The Morgan fingerprint density at radius 1 is 1.28 bits per heavy atom. The minimum atomic E-state index is -1.11. The van der Waals surface area contributed by atoms with Gasteiger partial charge in [0.2, 0.25) is 5.91 Å². The molecule has 1 amide bonds. The molecule has 0 atom stereocenters. The third-order valence-corrected chi connectivity index (χ3v) is 3.11. The van der Waals surface area contributed by atoms with Gasteiger partial charge in [0, 0.05) is 16.7 Å². The number of benzene rings is 1. The minimum absolute atomic E-state index is 0.360. The van der Waals surface area contributed by atoms with Crippen LogP contribution in [0.3, 0.4) is 0 Å². The number of carbonyl (C=O) groups excluding carboxylic acids is 1. The van der Waals surface area contributed by atoms with E-state index >= 15 is 0 Å². The van der Waals surface area contributed by atoms with Gasteiger partial charge in [-0.2, -0.15) is 0 Å². The third-order valence-electron chi connectivity index (χ3n) is 2.10. The summed E-state index contributed by atoms with van der Waals surface area (Å²) in [5.74, 6) is -1.58. The number of aliphatic carboxylic acids is 1. The summed E-state index contributed by atoms with van der Waals surface area (Å²) >= 11 is 1.77. The van der Waals surface area contributed by atoms with Gasteiger partial charge in [0.15, 0.2) is 0 Å². The summed E-state index contributed by atoms with van der Waals surface area (Å²) in [5.41, 5.74) is 0.960. The molecule has 0 saturated carbocycles. The lowest BCUT2D eigenvalue weighted by molar-refractivity contribution is -0.140. The van der Waals surface area contributed by atoms with Gasteiger partial charge < -0.3 is 10.4 Å². The van der Waals surface area contributed by atoms with Crippen LogP contribution in [-0.4, -0.2) is 22.2 Å². The largest absolute Gasteiger partial charge is 0.481 e. The summed E-state index contributed by atoms with van der Waals surface area (Å²) < 4.78 is 0. The van der Waals surface area contributed by atoms with Crippen molar-refractivity contribution in [2.24, 2.45) is 0 Å². The van der Waals surface area contributed by atoms with Gasteiger partial charge in [-0.15, -0.1) is 11.8 Å². The Labute approximate surface area is 111 Å². The fraction of sp³-hybridized carbons (Fsp3) is 0.385. The maximum atomic E-state index is 11.1. The SMILES string of the molecule is CC(C)Sc1ccc(CNC(=O)CC(=O)O)cc1. The lowest BCUT2D eigenvalue weighted by atomic mass is 10.2. The van der Waals surface area contributed by atoms with Crippen molar-refractivity contribution in [2.75, 3.05) is 0 Å². The van der Waals surface area contributed by atoms with Crippen LogP contribution in [0.4, 0.5) is 0 Å². The smallest absolute Gasteiger partial charge is 0.312 e. The zero-order chi connectivity index (χ0) is 13.5. The van der Waals surface area contributed by atoms with Crippen LogP contribution in [-0.2, 0) is 16.1 Å². The summed E-state index contributed by atoms with van der Waals surface area (Å²) in [4.78, 5) is 22.6. The quantitative estimate of drug-likeness (QED) is 0.613. The zero-order valence-electron chi connectivity index (χ0n) is 10.5. The van der Waals surface area contributed by atoms with E-state index < -0.39 is 18.3 Å². The standard InChI is InChI=1S/C13H17NO3S/c1-9(2)18-11-5-3-10(4-6-11)8-14-12(15)7-13(16)17/h3-6,9H,7-8H2,1-2H3,(H,14,15)(H,16,17). The molecule has 1 aromatic carbocycles. The van der Waals surface area contributed by atoms with E-state index in [9.17, 15) is 9.59 Å². The molecule has 0 radical (unpaired) electrons. The van der Waals surface area contributed by atoms with Crippen LogP contribution >= 0.6 is 11.8 Å². The molecule has 0 aliphatic heterocycles. The van der Waals surface area contributed by atoms with E-state index in [-0.39, 0.29) is 0 Å². The molecule has 4 nitrogen and oxygen atoms in total. The molecule has 0 aliphatic carbocycles. The second-order valence-electron chi connectivity index (χ2n) is 4.16. The molecular weight excluding hydrogens is 250 g/mol. The molecule has 18 heavy (non-hydrogen) atoms. The lowest BCUT2D eigenvalue weighted by Gasteiger charge is -2.07. The fourth-order valence-electron chi connectivity index (χ4n) is 1.36. The van der Waals surface area contributed by atoms with E-state index in [4.69, 9.17) is 5.11 Å². The predicted molar refractivity (Wildman–Crippen MR) is 71.5 cm³/mol. The summed E-state index contributed by atoms with van der Waals surface area (Å²) in [6, 6.07) is 7.88. The van der Waals surface area contributed by atoms with Crippen molar-refractivity contribution < 1.29 is 14.7 Å². The number of thioether (sulfide) groups is 1. The molecule has 1 rings (SSSR count). The second-order valence-corrected chi connectivity index (χ2v) is 5.81. The van der Waals surface area contributed by atoms with E-state index in [1.807, 2.05) is 24.3 Å². The van der Waals surface area contributed by atoms with Crippen molar-refractivity contribution in [3.63, 3.8) is 0 Å². The molecule has 1 aromatic rings. The minimum Gasteiger partial charge on any atom is -0.481 e. The number of amides is 1. The van der Waals surface area contributed by atoms with Gasteiger partial charge >= 0.3 is 5.97 Å². The highest BCUT2D eigenvalue weighted by atomic mass is 32.2. The first kappa shape index (κ1) is 14.6. The van der Waals surface area contributed by atoms with Crippen LogP contribution in [0.2, 0.25) is 0 Å². The average molecular weight is 267 g/mol. The number of carbonyl (C=O) groups is 2. The Morgan fingerprint density at radius 3 is 2.39 bits per heavy atom. The van der Waals surface area contributed by atoms with Crippen LogP contribution in [0.1, 0.15) is 25.8 Å². The highest BCUT2D eigenvalue weighted by Gasteiger charge is 2.06. The number of carboxylic acids is 1. The van der Waals surface area contributed by atoms with Crippen LogP contribution in [0.15, 0.2) is 29.2 Å². The first-order chi connectivity index (χ1) is 8.47. The number of hydrogen-bond donors (Lipinski definition) is 2. The molecule has 0 saturated heterocycles. The molecule has 0 unspecified atom stereocenters. The molecule has 0 spiro atoms. The molecule has 0 aromatic heterocycles. The number of nitrogens with one attached hydrogen (secondary N) is 1. The molecule has 0 heterocycles. The molecule has 0 bridgehead atoms. The highest BCUT2D eigenvalue weighted by molar-refractivity contribution is 7.99. The molecule has 5 heteroatoms. The lowest BCUT2D eigenvalue weighted by Crippen LogP contribution is -2.24. The van der Waals surface area contributed by atoms with Crippen molar-refractivity contribution in [1.29, 1.82) is 0 Å². The Bertz CT molecular complexity index is 415. The van der Waals surface area contributed by atoms with Gasteiger partial charge in [-0.25, -0.2) is 0 Å². The van der Waals surface area contributed by atoms with Crippen molar-refractivity contribution in [3.8, 4) is 0 Å². The van der Waals surface area contributed by atoms with Gasteiger partial charge in [0.25, 0.3) is 0 Å². The highest BCUT2D eigenvalue weighted by Crippen LogP contribution is 2.22. The molecule has 98 valence electrons. The maximum Gasteiger partial charge on any atom is 0.312 e. The number of rotatable bonds is 6. The first-order valence-corrected chi connectivity index (χ1v) is 6.59. The van der Waals surface area contributed by atoms with E-state index in [1.54, 1.807) is 11.8 Å². The van der Waals surface area contributed by atoms with E-state index in [0.717, 1.165) is 5.56 Å². The molecule has 0 aliphatic rings. The zero-order valence-corrected chi connectivity index (χ0v) is 11.3. The number of hydrogen-bond acceptors (Lipinski definition) is 3. The van der Waals surface area contributed by atoms with Gasteiger partial charge in [-0.05, 0) is 17.7 Å². The maximum absolute atomic E-state index is 11.1. The average Bonchev–Trinajstić information content (AvgIpc) is 2.26. The normalized spacial score (nSPS) is 10.4. The van der Waals surface area contributed by atoms with Crippen LogP contribution in [0, 0.1) is 0 Å².